The van der Waals surface area contributed by atoms with Crippen molar-refractivity contribution in [2.24, 2.45) is 0 Å². The summed E-state index contributed by atoms with van der Waals surface area (Å²) >= 11 is 0. The summed E-state index contributed by atoms with van der Waals surface area (Å²) in [6.07, 6.45) is 0. The quantitative estimate of drug-likeness (QED) is 0.697. The van der Waals surface area contributed by atoms with Gasteiger partial charge in [-0.15, -0.1) is 0 Å². The number of benzene rings is 1. The maximum atomic E-state index is 12.8. The van der Waals surface area contributed by atoms with Crippen LogP contribution >= 0.6 is 0 Å². The third-order valence-corrected chi connectivity index (χ3v) is 2.85. The lowest BCUT2D eigenvalue weighted by Crippen LogP contribution is -2.22. The Bertz CT molecular complexity index is 294. The van der Waals surface area contributed by atoms with Crippen LogP contribution in [0.4, 0.5) is 4.39 Å². The molecule has 0 aliphatic heterocycles. The van der Waals surface area contributed by atoms with Crippen molar-refractivity contribution in [3.05, 3.63) is 35.6 Å². The second-order valence-corrected chi connectivity index (χ2v) is 5.01. The van der Waals surface area contributed by atoms with Gasteiger partial charge in [-0.05, 0) is 44.5 Å². The Balaban J connectivity index is 2.39. The van der Waals surface area contributed by atoms with Gasteiger partial charge in [0.25, 0.3) is 0 Å². The van der Waals surface area contributed by atoms with E-state index in [0.717, 1.165) is 11.6 Å². The Labute approximate surface area is 87.2 Å². The summed E-state index contributed by atoms with van der Waals surface area (Å²) in [7, 11) is 0.391. The molecule has 1 aromatic rings. The van der Waals surface area contributed by atoms with Gasteiger partial charge in [0.2, 0.25) is 9.76 Å². The molecular weight excluding hydrogens is 195 g/mol. The molecule has 0 heterocycles. The maximum absolute atomic E-state index is 12.8. The molecule has 3 heteroatoms. The molecule has 0 aliphatic rings. The third-order valence-electron chi connectivity index (χ3n) is 1.54. The molecule has 76 valence electrons. The molecule has 0 saturated heterocycles. The van der Waals surface area contributed by atoms with E-state index in [2.05, 4.69) is 0 Å². The number of hydrogen-bond donors (Lipinski definition) is 0. The summed E-state index contributed by atoms with van der Waals surface area (Å²) in [6.45, 7) is 6.06. The van der Waals surface area contributed by atoms with Crippen LogP contribution in [0.1, 0.15) is 26.3 Å². The number of rotatable bonds is 3. The highest BCUT2D eigenvalue weighted by molar-refractivity contribution is 6.26. The predicted molar refractivity (Wildman–Crippen MR) is 56.7 cm³/mol. The molecule has 0 N–H and O–H groups in total. The van der Waals surface area contributed by atoms with Crippen LogP contribution in [0.3, 0.4) is 0 Å². The largest absolute Gasteiger partial charge is 0.412 e. The topological polar surface area (TPSA) is 9.23 Å². The summed E-state index contributed by atoms with van der Waals surface area (Å²) < 4.78 is 18.4. The molecule has 14 heavy (non-hydrogen) atoms. The van der Waals surface area contributed by atoms with Gasteiger partial charge in [-0.1, -0.05) is 12.1 Å². The molecule has 0 amide bonds. The van der Waals surface area contributed by atoms with Crippen molar-refractivity contribution in [3.63, 3.8) is 0 Å². The molecule has 0 fully saturated rings. The van der Waals surface area contributed by atoms with Gasteiger partial charge < -0.3 is 4.43 Å². The van der Waals surface area contributed by atoms with E-state index in [-0.39, 0.29) is 11.4 Å². The Hall–Kier alpha value is -0.673. The number of hydrogen-bond acceptors (Lipinski definition) is 1. The summed E-state index contributed by atoms with van der Waals surface area (Å²) in [5.74, 6) is -0.178. The van der Waals surface area contributed by atoms with Gasteiger partial charge >= 0.3 is 0 Å². The van der Waals surface area contributed by atoms with Crippen LogP contribution in [0.15, 0.2) is 24.3 Å². The van der Waals surface area contributed by atoms with Crippen molar-refractivity contribution in [2.75, 3.05) is 0 Å². The van der Waals surface area contributed by atoms with E-state index in [1.807, 2.05) is 26.8 Å². The van der Waals surface area contributed by atoms with Gasteiger partial charge in [0.05, 0.1) is 0 Å². The molecule has 0 saturated carbocycles. The minimum Gasteiger partial charge on any atom is -0.412 e. The van der Waals surface area contributed by atoms with Gasteiger partial charge in [0.15, 0.2) is 0 Å². The molecule has 0 unspecified atom stereocenters. The predicted octanol–water partition coefficient (Wildman–Crippen LogP) is 2.76. The third kappa shape index (κ3) is 4.53. The van der Waals surface area contributed by atoms with Gasteiger partial charge in [0.1, 0.15) is 5.82 Å². The maximum Gasteiger partial charge on any atom is 0.235 e. The van der Waals surface area contributed by atoms with E-state index in [0.29, 0.717) is 9.76 Å². The van der Waals surface area contributed by atoms with E-state index in [9.17, 15) is 4.39 Å². The van der Waals surface area contributed by atoms with E-state index in [4.69, 9.17) is 4.43 Å². The Morgan fingerprint density at radius 2 is 2.07 bits per heavy atom. The molecule has 0 aromatic heterocycles. The smallest absolute Gasteiger partial charge is 0.235 e. The first-order valence-corrected chi connectivity index (χ1v) is 5.74. The van der Waals surface area contributed by atoms with Crippen LogP contribution < -0.4 is 0 Å². The van der Waals surface area contributed by atoms with Crippen LogP contribution in [-0.2, 0) is 10.5 Å². The first-order valence-electron chi connectivity index (χ1n) is 4.63. The highest BCUT2D eigenvalue weighted by Gasteiger charge is 2.10. The van der Waals surface area contributed by atoms with E-state index in [1.54, 1.807) is 12.1 Å². The molecule has 0 aliphatic carbocycles. The lowest BCUT2D eigenvalue weighted by molar-refractivity contribution is 0.138. The average Bonchev–Trinajstić information content (AvgIpc) is 2.01. The standard InChI is InChI=1S/C11H15FOSi/c1-11(2,3)13-14-8-9-5-4-6-10(12)7-9/h4-7H,8H2,1-3H3. The fraction of sp³-hybridized carbons (Fsp3) is 0.455. The molecule has 0 bridgehead atoms. The van der Waals surface area contributed by atoms with Crippen molar-refractivity contribution in [1.82, 2.24) is 0 Å². The minimum atomic E-state index is -0.178. The Morgan fingerprint density at radius 3 is 2.64 bits per heavy atom. The molecule has 0 atom stereocenters. The van der Waals surface area contributed by atoms with E-state index in [1.165, 1.54) is 6.07 Å². The average molecular weight is 210 g/mol. The summed E-state index contributed by atoms with van der Waals surface area (Å²) in [4.78, 5) is 0. The zero-order valence-corrected chi connectivity index (χ0v) is 9.80. The molecular formula is C11H15FOSi. The van der Waals surface area contributed by atoms with Gasteiger partial charge in [0, 0.05) is 5.60 Å². The monoisotopic (exact) mass is 210 g/mol. The highest BCUT2D eigenvalue weighted by atomic mass is 28.2. The van der Waals surface area contributed by atoms with Crippen LogP contribution in [-0.4, -0.2) is 15.4 Å². The lowest BCUT2D eigenvalue weighted by atomic mass is 10.2. The second-order valence-electron chi connectivity index (χ2n) is 4.17. The SMILES string of the molecule is CC(C)(C)O[Si]Cc1cccc(F)c1. The first-order chi connectivity index (χ1) is 6.47. The molecule has 0 spiro atoms. The molecule has 1 aromatic carbocycles. The normalized spacial score (nSPS) is 11.7. The Kier molecular flexibility index (Phi) is 3.83. The van der Waals surface area contributed by atoms with Crippen molar-refractivity contribution in [2.45, 2.75) is 32.4 Å². The van der Waals surface area contributed by atoms with Crippen LogP contribution in [0, 0.1) is 5.82 Å². The fourth-order valence-corrected chi connectivity index (χ4v) is 1.87. The van der Waals surface area contributed by atoms with E-state index >= 15 is 0 Å². The van der Waals surface area contributed by atoms with Crippen LogP contribution in [0.2, 0.25) is 0 Å². The highest BCUT2D eigenvalue weighted by Crippen LogP contribution is 2.08. The van der Waals surface area contributed by atoms with Crippen molar-refractivity contribution >= 4 is 9.76 Å². The van der Waals surface area contributed by atoms with Crippen LogP contribution in [0.5, 0.6) is 0 Å². The lowest BCUT2D eigenvalue weighted by Gasteiger charge is -2.19. The number of halogens is 1. The van der Waals surface area contributed by atoms with Crippen molar-refractivity contribution in [1.29, 1.82) is 0 Å². The van der Waals surface area contributed by atoms with Crippen molar-refractivity contribution in [3.8, 4) is 0 Å². The summed E-state index contributed by atoms with van der Waals surface area (Å²) in [6, 6.07) is 7.44. The minimum absolute atomic E-state index is 0.105. The molecule has 2 radical (unpaired) electrons. The zero-order chi connectivity index (χ0) is 10.6. The second kappa shape index (κ2) is 4.71. The fourth-order valence-electron chi connectivity index (χ4n) is 0.983. The van der Waals surface area contributed by atoms with Gasteiger partial charge in [-0.2, -0.15) is 0 Å². The van der Waals surface area contributed by atoms with Gasteiger partial charge in [-0.3, -0.25) is 0 Å². The zero-order valence-electron chi connectivity index (χ0n) is 8.80. The van der Waals surface area contributed by atoms with Gasteiger partial charge in [-0.25, -0.2) is 4.39 Å². The molecule has 1 nitrogen and oxygen atoms in total. The summed E-state index contributed by atoms with van der Waals surface area (Å²) in [5, 5.41) is 0. The van der Waals surface area contributed by atoms with Crippen LogP contribution in [0.25, 0.3) is 0 Å². The molecule has 1 rings (SSSR count). The summed E-state index contributed by atoms with van der Waals surface area (Å²) in [5.41, 5.74) is 0.888. The Morgan fingerprint density at radius 1 is 1.36 bits per heavy atom. The van der Waals surface area contributed by atoms with E-state index < -0.39 is 0 Å². The first kappa shape index (κ1) is 11.4. The van der Waals surface area contributed by atoms with Crippen molar-refractivity contribution < 1.29 is 8.82 Å².